The van der Waals surface area contributed by atoms with Gasteiger partial charge < -0.3 is 14.2 Å². The van der Waals surface area contributed by atoms with E-state index < -0.39 is 6.10 Å². The van der Waals surface area contributed by atoms with Gasteiger partial charge in [0.15, 0.2) is 6.10 Å². The molecule has 0 N–H and O–H groups in total. The molecular formula is C76H126O6. The van der Waals surface area contributed by atoms with Gasteiger partial charge in [-0.05, 0) is 116 Å². The molecule has 466 valence electrons. The largest absolute Gasteiger partial charge is 0.462 e. The molecule has 0 aromatic heterocycles. The van der Waals surface area contributed by atoms with Crippen molar-refractivity contribution in [1.29, 1.82) is 0 Å². The second kappa shape index (κ2) is 69.0. The summed E-state index contributed by atoms with van der Waals surface area (Å²) >= 11 is 0. The minimum Gasteiger partial charge on any atom is -0.462 e. The second-order valence-electron chi connectivity index (χ2n) is 22.3. The van der Waals surface area contributed by atoms with Gasteiger partial charge in [-0.2, -0.15) is 0 Å². The van der Waals surface area contributed by atoms with Gasteiger partial charge in [-0.15, -0.1) is 0 Å². The first-order valence-electron chi connectivity index (χ1n) is 34.2. The van der Waals surface area contributed by atoms with E-state index >= 15 is 0 Å². The fraction of sp³-hybridized carbons (Fsp3) is 0.671. The van der Waals surface area contributed by atoms with Crippen molar-refractivity contribution in [2.24, 2.45) is 0 Å². The summed E-state index contributed by atoms with van der Waals surface area (Å²) in [7, 11) is 0. The van der Waals surface area contributed by atoms with Crippen molar-refractivity contribution in [1.82, 2.24) is 0 Å². The van der Waals surface area contributed by atoms with E-state index in [4.69, 9.17) is 14.2 Å². The van der Waals surface area contributed by atoms with E-state index in [1.165, 1.54) is 122 Å². The van der Waals surface area contributed by atoms with Crippen LogP contribution in [0.25, 0.3) is 0 Å². The van der Waals surface area contributed by atoms with Crippen LogP contribution in [0.5, 0.6) is 0 Å². The van der Waals surface area contributed by atoms with Gasteiger partial charge in [-0.1, -0.05) is 309 Å². The Bertz CT molecular complexity index is 1730. The standard InChI is InChI=1S/C76H126O6/c1-4-7-10-13-16-19-22-24-26-28-30-32-34-36-38-40-42-44-46-48-50-52-54-57-60-63-66-69-75(78)81-72-73(71-80-74(77)68-65-62-59-56-21-18-15-12-9-6-3)82-76(79)70-67-64-61-58-55-53-51-49-47-45-43-41-39-37-35-33-31-29-27-25-23-20-17-14-11-8-5-2/h7-8,10-11,16-17,19-20,24-27,30-33,36,38,42,44,48,50,73H,4-6,9,12-15,18,21-23,28-29,34-35,37,39-41,43,45-47,49,51-72H2,1-3H3/b10-7-,11-8-,19-16-,20-17-,26-24-,27-25-,32-30-,33-31-,38-36-,44-42-,50-48-. The third-order valence-corrected chi connectivity index (χ3v) is 14.4. The van der Waals surface area contributed by atoms with Gasteiger partial charge in [0.05, 0.1) is 0 Å². The summed E-state index contributed by atoms with van der Waals surface area (Å²) in [5.74, 6) is -0.900. The predicted molar refractivity (Wildman–Crippen MR) is 357 cm³/mol. The Kier molecular flexibility index (Phi) is 65.3. The van der Waals surface area contributed by atoms with Crippen LogP contribution < -0.4 is 0 Å². The zero-order valence-corrected chi connectivity index (χ0v) is 53.5. The molecule has 0 aliphatic carbocycles. The molecule has 0 saturated heterocycles. The number of carbonyl (C=O) groups is 3. The van der Waals surface area contributed by atoms with Crippen molar-refractivity contribution in [3.05, 3.63) is 134 Å². The summed E-state index contributed by atoms with van der Waals surface area (Å²) in [6.07, 6.45) is 97.6. The predicted octanol–water partition coefficient (Wildman–Crippen LogP) is 23.7. The Morgan fingerprint density at radius 1 is 0.256 bits per heavy atom. The lowest BCUT2D eigenvalue weighted by Crippen LogP contribution is -2.30. The van der Waals surface area contributed by atoms with E-state index in [0.717, 1.165) is 148 Å². The summed E-state index contributed by atoms with van der Waals surface area (Å²) in [6.45, 7) is 6.40. The van der Waals surface area contributed by atoms with Crippen molar-refractivity contribution < 1.29 is 28.6 Å². The fourth-order valence-corrected chi connectivity index (χ4v) is 9.36. The molecular weight excluding hydrogens is 1010 g/mol. The van der Waals surface area contributed by atoms with E-state index in [-0.39, 0.29) is 31.1 Å². The van der Waals surface area contributed by atoms with Crippen LogP contribution in [0.2, 0.25) is 0 Å². The Morgan fingerprint density at radius 3 is 0.744 bits per heavy atom. The van der Waals surface area contributed by atoms with Gasteiger partial charge in [-0.3, -0.25) is 14.4 Å². The minimum absolute atomic E-state index is 0.0846. The third-order valence-electron chi connectivity index (χ3n) is 14.4. The molecule has 0 amide bonds. The summed E-state index contributed by atoms with van der Waals surface area (Å²) in [6, 6.07) is 0. The second-order valence-corrected chi connectivity index (χ2v) is 22.3. The Labute approximate surface area is 506 Å². The van der Waals surface area contributed by atoms with Gasteiger partial charge in [0.25, 0.3) is 0 Å². The van der Waals surface area contributed by atoms with E-state index in [1.54, 1.807) is 0 Å². The number of allylic oxidation sites excluding steroid dienone is 22. The average Bonchev–Trinajstić information content (AvgIpc) is 3.48. The van der Waals surface area contributed by atoms with Gasteiger partial charge in [0, 0.05) is 19.3 Å². The van der Waals surface area contributed by atoms with E-state index in [9.17, 15) is 14.4 Å². The van der Waals surface area contributed by atoms with Crippen LogP contribution in [0.15, 0.2) is 134 Å². The van der Waals surface area contributed by atoms with Crippen molar-refractivity contribution in [2.75, 3.05) is 13.2 Å². The molecule has 0 aromatic carbocycles. The third kappa shape index (κ3) is 66.4. The molecule has 82 heavy (non-hydrogen) atoms. The monoisotopic (exact) mass is 1130 g/mol. The molecule has 0 rings (SSSR count). The van der Waals surface area contributed by atoms with E-state index in [2.05, 4.69) is 154 Å². The van der Waals surface area contributed by atoms with Crippen molar-refractivity contribution in [3.63, 3.8) is 0 Å². The van der Waals surface area contributed by atoms with E-state index in [1.807, 2.05) is 0 Å². The SMILES string of the molecule is CC/C=C\C/C=C\C/C=C\C/C=C\C/C=C\C/C=C\C/C=C\CCCCCCCC(=O)OCC(COC(=O)CCCCCCCCCCCC)OC(=O)CCCCCCCCCCCCCCCC/C=C\C/C=C\C/C=C\C/C=C\CC. The van der Waals surface area contributed by atoms with Crippen LogP contribution >= 0.6 is 0 Å². The number of esters is 3. The Hall–Kier alpha value is -4.45. The zero-order chi connectivity index (χ0) is 59.2. The van der Waals surface area contributed by atoms with Gasteiger partial charge in [0.1, 0.15) is 13.2 Å². The first kappa shape index (κ1) is 77.5. The van der Waals surface area contributed by atoms with Crippen LogP contribution in [-0.2, 0) is 28.6 Å². The van der Waals surface area contributed by atoms with Crippen molar-refractivity contribution in [3.8, 4) is 0 Å². The van der Waals surface area contributed by atoms with Gasteiger partial charge in [-0.25, -0.2) is 0 Å². The molecule has 0 heterocycles. The molecule has 0 fully saturated rings. The summed E-state index contributed by atoms with van der Waals surface area (Å²) in [5, 5.41) is 0. The first-order chi connectivity index (χ1) is 40.5. The molecule has 0 aromatic rings. The number of rotatable bonds is 61. The highest BCUT2D eigenvalue weighted by atomic mass is 16.6. The smallest absolute Gasteiger partial charge is 0.306 e. The average molecular weight is 1140 g/mol. The highest BCUT2D eigenvalue weighted by Gasteiger charge is 2.19. The normalized spacial score (nSPS) is 13.0. The molecule has 0 saturated carbocycles. The molecule has 0 spiro atoms. The quantitative estimate of drug-likeness (QED) is 0.0261. The van der Waals surface area contributed by atoms with Crippen LogP contribution in [0.3, 0.4) is 0 Å². The molecule has 0 bridgehead atoms. The first-order valence-corrected chi connectivity index (χ1v) is 34.2. The lowest BCUT2D eigenvalue weighted by Gasteiger charge is -2.18. The molecule has 1 atom stereocenters. The molecule has 6 nitrogen and oxygen atoms in total. The molecule has 6 heteroatoms. The Balaban J connectivity index is 4.28. The summed E-state index contributed by atoms with van der Waals surface area (Å²) in [5.41, 5.74) is 0. The maximum Gasteiger partial charge on any atom is 0.306 e. The fourth-order valence-electron chi connectivity index (χ4n) is 9.36. The number of ether oxygens (including phenoxy) is 3. The molecule has 1 unspecified atom stereocenters. The van der Waals surface area contributed by atoms with Crippen LogP contribution in [0.4, 0.5) is 0 Å². The van der Waals surface area contributed by atoms with Crippen LogP contribution in [0, 0.1) is 0 Å². The maximum absolute atomic E-state index is 12.9. The lowest BCUT2D eigenvalue weighted by molar-refractivity contribution is -0.167. The number of hydrogen-bond acceptors (Lipinski definition) is 6. The van der Waals surface area contributed by atoms with Crippen LogP contribution in [-0.4, -0.2) is 37.2 Å². The van der Waals surface area contributed by atoms with Gasteiger partial charge >= 0.3 is 17.9 Å². The van der Waals surface area contributed by atoms with Gasteiger partial charge in [0.2, 0.25) is 0 Å². The lowest BCUT2D eigenvalue weighted by atomic mass is 10.0. The number of unbranched alkanes of at least 4 members (excludes halogenated alkanes) is 28. The number of carbonyl (C=O) groups excluding carboxylic acids is 3. The highest BCUT2D eigenvalue weighted by molar-refractivity contribution is 5.71. The minimum atomic E-state index is -0.790. The van der Waals surface area contributed by atoms with E-state index in [0.29, 0.717) is 19.3 Å². The zero-order valence-electron chi connectivity index (χ0n) is 53.5. The van der Waals surface area contributed by atoms with Crippen LogP contribution in [0.1, 0.15) is 310 Å². The molecule has 0 aliphatic rings. The topological polar surface area (TPSA) is 78.9 Å². The summed E-state index contributed by atoms with van der Waals surface area (Å²) < 4.78 is 16.9. The number of hydrogen-bond donors (Lipinski definition) is 0. The maximum atomic E-state index is 12.9. The molecule has 0 radical (unpaired) electrons. The molecule has 0 aliphatic heterocycles. The van der Waals surface area contributed by atoms with Crippen molar-refractivity contribution >= 4 is 17.9 Å². The van der Waals surface area contributed by atoms with Crippen molar-refractivity contribution in [2.45, 2.75) is 316 Å². The summed E-state index contributed by atoms with van der Waals surface area (Å²) in [4.78, 5) is 38.3. The highest BCUT2D eigenvalue weighted by Crippen LogP contribution is 2.16. The Morgan fingerprint density at radius 2 is 0.476 bits per heavy atom.